The molecule has 0 radical (unpaired) electrons. The monoisotopic (exact) mass is 405 g/mol. The molecule has 0 spiro atoms. The minimum absolute atomic E-state index is 0.162. The van der Waals surface area contributed by atoms with Crippen molar-refractivity contribution in [1.29, 1.82) is 0 Å². The summed E-state index contributed by atoms with van der Waals surface area (Å²) in [6, 6.07) is 44.0. The van der Waals surface area contributed by atoms with Gasteiger partial charge in [0.1, 0.15) is 0 Å². The van der Waals surface area contributed by atoms with E-state index in [1.165, 1.54) is 22.3 Å². The Hall–Kier alpha value is -3.16. The van der Waals surface area contributed by atoms with E-state index in [-0.39, 0.29) is 12.1 Å². The fourth-order valence-corrected chi connectivity index (χ4v) is 4.47. The van der Waals surface area contributed by atoms with Crippen molar-refractivity contribution in [2.24, 2.45) is 5.92 Å². The predicted molar refractivity (Wildman–Crippen MR) is 131 cm³/mol. The van der Waals surface area contributed by atoms with E-state index >= 15 is 0 Å². The van der Waals surface area contributed by atoms with E-state index in [4.69, 9.17) is 0 Å². The van der Waals surface area contributed by atoms with Gasteiger partial charge in [0.25, 0.3) is 0 Å². The van der Waals surface area contributed by atoms with Crippen LogP contribution in [-0.2, 0) is 0 Å². The van der Waals surface area contributed by atoms with Gasteiger partial charge in [-0.1, -0.05) is 135 Å². The van der Waals surface area contributed by atoms with Gasteiger partial charge in [-0.3, -0.25) is 4.90 Å². The molecular formula is C30H31N. The van der Waals surface area contributed by atoms with Gasteiger partial charge in [0.05, 0.1) is 12.1 Å². The molecule has 0 bridgehead atoms. The molecule has 0 fully saturated rings. The van der Waals surface area contributed by atoms with Gasteiger partial charge in [-0.2, -0.15) is 0 Å². The first-order valence-corrected chi connectivity index (χ1v) is 11.2. The number of nitrogens with zero attached hydrogens (tertiary/aromatic N) is 1. The van der Waals surface area contributed by atoms with Crippen LogP contribution in [0.1, 0.15) is 48.2 Å². The topological polar surface area (TPSA) is 3.24 Å². The van der Waals surface area contributed by atoms with Crippen LogP contribution in [0.5, 0.6) is 0 Å². The number of hydrogen-bond donors (Lipinski definition) is 0. The molecule has 4 aromatic rings. The molecule has 4 aromatic carbocycles. The molecule has 0 aromatic heterocycles. The Morgan fingerprint density at radius 1 is 0.452 bits per heavy atom. The molecular weight excluding hydrogens is 374 g/mol. The summed E-state index contributed by atoms with van der Waals surface area (Å²) in [6.07, 6.45) is 0. The Morgan fingerprint density at radius 3 is 0.935 bits per heavy atom. The summed E-state index contributed by atoms with van der Waals surface area (Å²) in [7, 11) is 0. The van der Waals surface area contributed by atoms with Crippen LogP contribution in [0.4, 0.5) is 0 Å². The molecule has 156 valence electrons. The van der Waals surface area contributed by atoms with E-state index in [0.29, 0.717) is 5.92 Å². The Morgan fingerprint density at radius 2 is 0.710 bits per heavy atom. The van der Waals surface area contributed by atoms with E-state index < -0.39 is 0 Å². The van der Waals surface area contributed by atoms with Crippen LogP contribution in [0.25, 0.3) is 0 Å². The van der Waals surface area contributed by atoms with Crippen molar-refractivity contribution in [3.8, 4) is 0 Å². The molecule has 0 amide bonds. The second-order valence-corrected chi connectivity index (χ2v) is 8.54. The van der Waals surface area contributed by atoms with Gasteiger partial charge in [-0.15, -0.1) is 0 Å². The molecule has 0 aliphatic rings. The SMILES string of the molecule is CC(C)CN(C(c1ccccc1)c1ccccc1)C(c1ccccc1)c1ccccc1. The Labute approximate surface area is 187 Å². The first-order valence-electron chi connectivity index (χ1n) is 11.2. The summed E-state index contributed by atoms with van der Waals surface area (Å²) in [5.41, 5.74) is 5.30. The van der Waals surface area contributed by atoms with Crippen LogP contribution in [0.2, 0.25) is 0 Å². The zero-order valence-corrected chi connectivity index (χ0v) is 18.4. The standard InChI is InChI=1S/C30H31N/c1-24(2)23-31(29(25-15-7-3-8-16-25)26-17-9-4-10-18-26)30(27-19-11-5-12-20-27)28-21-13-6-14-22-28/h3-22,24,29-30H,23H2,1-2H3. The first kappa shape index (κ1) is 21.1. The van der Waals surface area contributed by atoms with E-state index in [0.717, 1.165) is 6.54 Å². The van der Waals surface area contributed by atoms with Crippen molar-refractivity contribution in [3.05, 3.63) is 144 Å². The highest BCUT2D eigenvalue weighted by Crippen LogP contribution is 2.39. The molecule has 0 saturated heterocycles. The van der Waals surface area contributed by atoms with Crippen molar-refractivity contribution < 1.29 is 0 Å². The normalized spacial score (nSPS) is 11.5. The van der Waals surface area contributed by atoms with Gasteiger partial charge in [0, 0.05) is 6.54 Å². The van der Waals surface area contributed by atoms with Crippen LogP contribution in [0, 0.1) is 5.92 Å². The predicted octanol–water partition coefficient (Wildman–Crippen LogP) is 7.52. The molecule has 4 rings (SSSR count). The second kappa shape index (κ2) is 10.2. The molecule has 0 N–H and O–H groups in total. The van der Waals surface area contributed by atoms with Crippen molar-refractivity contribution in [1.82, 2.24) is 4.90 Å². The molecule has 0 aliphatic carbocycles. The zero-order chi connectivity index (χ0) is 21.5. The highest BCUT2D eigenvalue weighted by molar-refractivity contribution is 5.37. The highest BCUT2D eigenvalue weighted by atomic mass is 15.2. The lowest BCUT2D eigenvalue weighted by Crippen LogP contribution is -2.37. The van der Waals surface area contributed by atoms with Gasteiger partial charge >= 0.3 is 0 Å². The molecule has 31 heavy (non-hydrogen) atoms. The average Bonchev–Trinajstić information content (AvgIpc) is 2.82. The molecule has 0 unspecified atom stereocenters. The summed E-state index contributed by atoms with van der Waals surface area (Å²) in [6.45, 7) is 5.61. The maximum Gasteiger partial charge on any atom is 0.0610 e. The quantitative estimate of drug-likeness (QED) is 0.293. The molecule has 0 heterocycles. The minimum atomic E-state index is 0.162. The summed E-state index contributed by atoms with van der Waals surface area (Å²) < 4.78 is 0. The zero-order valence-electron chi connectivity index (χ0n) is 18.4. The largest absolute Gasteiger partial charge is 0.281 e. The third kappa shape index (κ3) is 5.13. The summed E-state index contributed by atoms with van der Waals surface area (Å²) >= 11 is 0. The molecule has 1 nitrogen and oxygen atoms in total. The second-order valence-electron chi connectivity index (χ2n) is 8.54. The van der Waals surface area contributed by atoms with Crippen molar-refractivity contribution >= 4 is 0 Å². The van der Waals surface area contributed by atoms with Crippen LogP contribution in [0.15, 0.2) is 121 Å². The lowest BCUT2D eigenvalue weighted by molar-refractivity contribution is 0.159. The van der Waals surface area contributed by atoms with Gasteiger partial charge in [0.15, 0.2) is 0 Å². The fraction of sp³-hybridized carbons (Fsp3) is 0.200. The van der Waals surface area contributed by atoms with Crippen molar-refractivity contribution in [2.75, 3.05) is 6.54 Å². The van der Waals surface area contributed by atoms with E-state index in [9.17, 15) is 0 Å². The van der Waals surface area contributed by atoms with Gasteiger partial charge in [-0.25, -0.2) is 0 Å². The lowest BCUT2D eigenvalue weighted by Gasteiger charge is -2.40. The number of benzene rings is 4. The van der Waals surface area contributed by atoms with E-state index in [1.807, 2.05) is 0 Å². The summed E-state index contributed by atoms with van der Waals surface area (Å²) in [5, 5.41) is 0. The third-order valence-corrected chi connectivity index (χ3v) is 5.70. The summed E-state index contributed by atoms with van der Waals surface area (Å²) in [5.74, 6) is 0.532. The van der Waals surface area contributed by atoms with Gasteiger partial charge in [0.2, 0.25) is 0 Å². The smallest absolute Gasteiger partial charge is 0.0610 e. The van der Waals surface area contributed by atoms with Crippen LogP contribution in [-0.4, -0.2) is 11.4 Å². The third-order valence-electron chi connectivity index (χ3n) is 5.70. The summed E-state index contributed by atoms with van der Waals surface area (Å²) in [4.78, 5) is 2.68. The molecule has 1 heteroatoms. The minimum Gasteiger partial charge on any atom is -0.281 e. The number of hydrogen-bond acceptors (Lipinski definition) is 1. The molecule has 0 saturated carbocycles. The van der Waals surface area contributed by atoms with Crippen LogP contribution >= 0.6 is 0 Å². The fourth-order valence-electron chi connectivity index (χ4n) is 4.47. The number of rotatable bonds is 8. The molecule has 0 aliphatic heterocycles. The van der Waals surface area contributed by atoms with Crippen LogP contribution in [0.3, 0.4) is 0 Å². The Bertz CT molecular complexity index is 865. The Kier molecular flexibility index (Phi) is 6.96. The van der Waals surface area contributed by atoms with Crippen LogP contribution < -0.4 is 0 Å². The Balaban J connectivity index is 1.92. The van der Waals surface area contributed by atoms with Crippen molar-refractivity contribution in [3.63, 3.8) is 0 Å². The van der Waals surface area contributed by atoms with Gasteiger partial charge < -0.3 is 0 Å². The average molecular weight is 406 g/mol. The maximum absolute atomic E-state index is 2.68. The first-order chi connectivity index (χ1) is 15.2. The maximum atomic E-state index is 2.68. The van der Waals surface area contributed by atoms with Gasteiger partial charge in [-0.05, 0) is 28.2 Å². The van der Waals surface area contributed by atoms with Crippen molar-refractivity contribution in [2.45, 2.75) is 25.9 Å². The van der Waals surface area contributed by atoms with E-state index in [2.05, 4.69) is 140 Å². The molecule has 0 atom stereocenters. The lowest BCUT2D eigenvalue weighted by atomic mass is 9.89. The highest BCUT2D eigenvalue weighted by Gasteiger charge is 2.31. The van der Waals surface area contributed by atoms with E-state index in [1.54, 1.807) is 0 Å².